The first-order valence-electron chi connectivity index (χ1n) is 11.2. The molecule has 0 bridgehead atoms. The van der Waals surface area contributed by atoms with Crippen LogP contribution in [-0.4, -0.2) is 23.4 Å². The lowest BCUT2D eigenvalue weighted by Crippen LogP contribution is -2.17. The second-order valence-electron chi connectivity index (χ2n) is 7.84. The Morgan fingerprint density at radius 2 is 1.17 bits per heavy atom. The van der Waals surface area contributed by atoms with Crippen LogP contribution >= 0.6 is 0 Å². The standard InChI is InChI=1S/C29H25NO5/c31-25(18-30-24-16-14-23(15-17-24)29(32)33)28-26(34-19-21-8-3-1-4-9-21)12-7-13-27(28)35-20-22-10-5-2-6-11-22/h1-17,30H,18-20H2,(H,32,33). The lowest BCUT2D eigenvalue weighted by molar-refractivity contribution is 0.0696. The number of ketones is 1. The quantitative estimate of drug-likeness (QED) is 0.270. The molecule has 0 atom stereocenters. The van der Waals surface area contributed by atoms with Crippen molar-refractivity contribution in [3.8, 4) is 11.5 Å². The van der Waals surface area contributed by atoms with Crippen molar-refractivity contribution < 1.29 is 24.2 Å². The van der Waals surface area contributed by atoms with Gasteiger partial charge in [-0.05, 0) is 47.5 Å². The summed E-state index contributed by atoms with van der Waals surface area (Å²) in [5, 5.41) is 12.1. The summed E-state index contributed by atoms with van der Waals surface area (Å²) in [5.74, 6) is -0.337. The average molecular weight is 468 g/mol. The third-order valence-corrected chi connectivity index (χ3v) is 5.33. The Hall–Kier alpha value is -4.58. The van der Waals surface area contributed by atoms with Crippen molar-refractivity contribution in [3.05, 3.63) is 125 Å². The highest BCUT2D eigenvalue weighted by molar-refractivity contribution is 6.03. The molecule has 0 unspecified atom stereocenters. The van der Waals surface area contributed by atoms with Gasteiger partial charge in [-0.25, -0.2) is 4.79 Å². The van der Waals surface area contributed by atoms with Gasteiger partial charge in [-0.2, -0.15) is 0 Å². The molecule has 0 aromatic heterocycles. The minimum atomic E-state index is -1.00. The molecular formula is C29H25NO5. The Balaban J connectivity index is 1.53. The van der Waals surface area contributed by atoms with Crippen LogP contribution in [0.2, 0.25) is 0 Å². The fraction of sp³-hybridized carbons (Fsp3) is 0.103. The van der Waals surface area contributed by atoms with E-state index >= 15 is 0 Å². The third kappa shape index (κ3) is 6.48. The van der Waals surface area contributed by atoms with E-state index in [4.69, 9.17) is 14.6 Å². The van der Waals surface area contributed by atoms with E-state index in [-0.39, 0.29) is 17.9 Å². The second-order valence-corrected chi connectivity index (χ2v) is 7.84. The highest BCUT2D eigenvalue weighted by atomic mass is 16.5. The van der Waals surface area contributed by atoms with Crippen molar-refractivity contribution in [1.82, 2.24) is 0 Å². The molecule has 0 aliphatic rings. The second kappa shape index (κ2) is 11.5. The molecule has 0 radical (unpaired) electrons. The monoisotopic (exact) mass is 467 g/mol. The number of hydrogen-bond donors (Lipinski definition) is 2. The maximum atomic E-state index is 13.3. The summed E-state index contributed by atoms with van der Waals surface area (Å²) >= 11 is 0. The van der Waals surface area contributed by atoms with Gasteiger partial charge < -0.3 is 19.9 Å². The first kappa shape index (κ1) is 23.6. The molecule has 0 spiro atoms. The Morgan fingerprint density at radius 1 is 0.657 bits per heavy atom. The molecule has 35 heavy (non-hydrogen) atoms. The highest BCUT2D eigenvalue weighted by Crippen LogP contribution is 2.31. The van der Waals surface area contributed by atoms with Gasteiger partial charge in [-0.1, -0.05) is 66.7 Å². The summed E-state index contributed by atoms with van der Waals surface area (Å²) in [5.41, 5.74) is 3.14. The molecule has 0 aliphatic carbocycles. The molecule has 0 heterocycles. The van der Waals surface area contributed by atoms with Gasteiger partial charge in [0.2, 0.25) is 0 Å². The van der Waals surface area contributed by atoms with Gasteiger partial charge in [-0.15, -0.1) is 0 Å². The van der Waals surface area contributed by atoms with Crippen LogP contribution < -0.4 is 14.8 Å². The molecule has 0 fully saturated rings. The molecule has 4 rings (SSSR count). The average Bonchev–Trinajstić information content (AvgIpc) is 2.90. The number of carbonyl (C=O) groups is 2. The van der Waals surface area contributed by atoms with E-state index < -0.39 is 5.97 Å². The number of rotatable bonds is 11. The first-order valence-corrected chi connectivity index (χ1v) is 11.2. The number of aromatic carboxylic acids is 1. The Morgan fingerprint density at radius 3 is 1.66 bits per heavy atom. The fourth-order valence-corrected chi connectivity index (χ4v) is 3.50. The van der Waals surface area contributed by atoms with Gasteiger partial charge >= 0.3 is 5.97 Å². The lowest BCUT2D eigenvalue weighted by Gasteiger charge is -2.16. The van der Waals surface area contributed by atoms with E-state index in [1.54, 1.807) is 30.3 Å². The molecule has 2 N–H and O–H groups in total. The molecule has 6 nitrogen and oxygen atoms in total. The predicted octanol–water partition coefficient (Wildman–Crippen LogP) is 5.84. The molecule has 0 amide bonds. The third-order valence-electron chi connectivity index (χ3n) is 5.33. The van der Waals surface area contributed by atoms with Gasteiger partial charge in [0, 0.05) is 5.69 Å². The SMILES string of the molecule is O=C(O)c1ccc(NCC(=O)c2c(OCc3ccccc3)cccc2OCc2ccccc2)cc1. The molecular weight excluding hydrogens is 442 g/mol. The van der Waals surface area contributed by atoms with Crippen LogP contribution in [0.5, 0.6) is 11.5 Å². The zero-order chi connectivity index (χ0) is 24.5. The zero-order valence-corrected chi connectivity index (χ0v) is 19.0. The highest BCUT2D eigenvalue weighted by Gasteiger charge is 2.19. The van der Waals surface area contributed by atoms with Crippen LogP contribution in [0.15, 0.2) is 103 Å². The number of nitrogens with one attached hydrogen (secondary N) is 1. The van der Waals surface area contributed by atoms with Crippen LogP contribution in [0.25, 0.3) is 0 Å². The summed E-state index contributed by atoms with van der Waals surface area (Å²) in [7, 11) is 0. The van der Waals surface area contributed by atoms with E-state index in [0.29, 0.717) is 36.0 Å². The number of carboxylic acid groups (broad SMARTS) is 1. The summed E-state index contributed by atoms with van der Waals surface area (Å²) in [6.07, 6.45) is 0. The Labute approximate surface area is 203 Å². The van der Waals surface area contributed by atoms with Gasteiger partial charge in [0.05, 0.1) is 12.1 Å². The van der Waals surface area contributed by atoms with Crippen molar-refractivity contribution in [2.75, 3.05) is 11.9 Å². The Bertz CT molecular complexity index is 1210. The lowest BCUT2D eigenvalue weighted by atomic mass is 10.1. The predicted molar refractivity (Wildman–Crippen MR) is 134 cm³/mol. The minimum Gasteiger partial charge on any atom is -0.488 e. The van der Waals surface area contributed by atoms with E-state index in [9.17, 15) is 9.59 Å². The molecule has 6 heteroatoms. The zero-order valence-electron chi connectivity index (χ0n) is 19.0. The summed E-state index contributed by atoms with van der Waals surface area (Å²) in [4.78, 5) is 24.4. The topological polar surface area (TPSA) is 84.9 Å². The van der Waals surface area contributed by atoms with Crippen LogP contribution in [0.3, 0.4) is 0 Å². The maximum absolute atomic E-state index is 13.3. The van der Waals surface area contributed by atoms with E-state index in [0.717, 1.165) is 11.1 Å². The normalized spacial score (nSPS) is 10.4. The van der Waals surface area contributed by atoms with Crippen molar-refractivity contribution >= 4 is 17.4 Å². The number of ether oxygens (including phenoxy) is 2. The number of carboxylic acids is 1. The van der Waals surface area contributed by atoms with Crippen LogP contribution in [0.4, 0.5) is 5.69 Å². The van der Waals surface area contributed by atoms with Crippen molar-refractivity contribution in [3.63, 3.8) is 0 Å². The van der Waals surface area contributed by atoms with E-state index in [1.807, 2.05) is 60.7 Å². The molecule has 0 saturated heterocycles. The minimum absolute atomic E-state index is 0.0141. The number of carbonyl (C=O) groups excluding carboxylic acids is 1. The van der Waals surface area contributed by atoms with Crippen molar-refractivity contribution in [2.45, 2.75) is 13.2 Å². The van der Waals surface area contributed by atoms with Gasteiger partial charge in [0.15, 0.2) is 5.78 Å². The largest absolute Gasteiger partial charge is 0.488 e. The number of anilines is 1. The van der Waals surface area contributed by atoms with E-state index in [1.165, 1.54) is 12.1 Å². The van der Waals surface area contributed by atoms with Crippen LogP contribution in [-0.2, 0) is 13.2 Å². The smallest absolute Gasteiger partial charge is 0.335 e. The number of benzene rings is 4. The molecule has 4 aromatic carbocycles. The van der Waals surface area contributed by atoms with Crippen molar-refractivity contribution in [2.24, 2.45) is 0 Å². The Kier molecular flexibility index (Phi) is 7.76. The summed E-state index contributed by atoms with van der Waals surface area (Å²) < 4.78 is 12.1. The number of hydrogen-bond acceptors (Lipinski definition) is 5. The number of Topliss-reactive ketones (excluding diaryl/α,β-unsaturated/α-hetero) is 1. The van der Waals surface area contributed by atoms with Gasteiger partial charge in [0.25, 0.3) is 0 Å². The van der Waals surface area contributed by atoms with Gasteiger partial charge in [-0.3, -0.25) is 4.79 Å². The van der Waals surface area contributed by atoms with Gasteiger partial charge in [0.1, 0.15) is 30.3 Å². The maximum Gasteiger partial charge on any atom is 0.335 e. The van der Waals surface area contributed by atoms with Crippen LogP contribution in [0, 0.1) is 0 Å². The molecule has 0 saturated carbocycles. The molecule has 0 aliphatic heterocycles. The van der Waals surface area contributed by atoms with E-state index in [2.05, 4.69) is 5.32 Å². The molecule has 4 aromatic rings. The summed E-state index contributed by atoms with van der Waals surface area (Å²) in [6.45, 7) is 0.612. The first-order chi connectivity index (χ1) is 17.1. The fourth-order valence-electron chi connectivity index (χ4n) is 3.50. The van der Waals surface area contributed by atoms with Crippen molar-refractivity contribution in [1.29, 1.82) is 0 Å². The summed E-state index contributed by atoms with van der Waals surface area (Å²) in [6, 6.07) is 31.0. The molecule has 176 valence electrons. The van der Waals surface area contributed by atoms with Crippen LogP contribution in [0.1, 0.15) is 31.8 Å².